The molecule has 36 heavy (non-hydrogen) atoms. The molecule has 1 aliphatic heterocycles. The fourth-order valence-electron chi connectivity index (χ4n) is 3.97. The number of benzene rings is 2. The first-order chi connectivity index (χ1) is 17.3. The highest BCUT2D eigenvalue weighted by Gasteiger charge is 2.30. The van der Waals surface area contributed by atoms with Crippen molar-refractivity contribution in [3.63, 3.8) is 0 Å². The summed E-state index contributed by atoms with van der Waals surface area (Å²) in [5, 5.41) is 4.60. The predicted octanol–water partition coefficient (Wildman–Crippen LogP) is 6.00. The molecule has 0 spiro atoms. The Balaban J connectivity index is 1.37. The van der Waals surface area contributed by atoms with Crippen LogP contribution < -0.4 is 10.5 Å². The van der Waals surface area contributed by atoms with E-state index in [4.69, 9.17) is 21.3 Å². The Hall–Kier alpha value is -3.15. The van der Waals surface area contributed by atoms with E-state index in [1.54, 1.807) is 18.2 Å². The van der Waals surface area contributed by atoms with E-state index in [-0.39, 0.29) is 12.4 Å². The highest BCUT2D eigenvalue weighted by molar-refractivity contribution is 7.15. The molecule has 7 nitrogen and oxygen atoms in total. The van der Waals surface area contributed by atoms with E-state index in [0.29, 0.717) is 33.5 Å². The molecule has 188 valence electrons. The largest absolute Gasteiger partial charge is 0.488 e. The molecular weight excluding hydrogens is 517 g/mol. The van der Waals surface area contributed by atoms with Crippen molar-refractivity contribution in [2.75, 3.05) is 13.1 Å². The first kappa shape index (κ1) is 24.5. The van der Waals surface area contributed by atoms with Crippen molar-refractivity contribution in [3.8, 4) is 27.7 Å². The van der Waals surface area contributed by atoms with E-state index in [2.05, 4.69) is 19.6 Å². The third-order valence-corrected chi connectivity index (χ3v) is 7.25. The highest BCUT2D eigenvalue weighted by atomic mass is 35.5. The van der Waals surface area contributed by atoms with Crippen molar-refractivity contribution in [1.82, 2.24) is 20.0 Å². The zero-order chi connectivity index (χ0) is 25.3. The van der Waals surface area contributed by atoms with Gasteiger partial charge in [0, 0.05) is 17.7 Å². The number of aromatic amines is 1. The van der Waals surface area contributed by atoms with Gasteiger partial charge in [0.2, 0.25) is 0 Å². The number of thiazole rings is 1. The maximum absolute atomic E-state index is 13.0. The third-order valence-electron chi connectivity index (χ3n) is 5.82. The molecule has 0 atom stereocenters. The maximum atomic E-state index is 13.0. The number of rotatable bonds is 7. The Morgan fingerprint density at radius 3 is 2.53 bits per heavy atom. The van der Waals surface area contributed by atoms with Crippen molar-refractivity contribution < 1.29 is 22.4 Å². The van der Waals surface area contributed by atoms with Crippen LogP contribution in [0.4, 0.5) is 13.2 Å². The van der Waals surface area contributed by atoms with Gasteiger partial charge in [0.1, 0.15) is 17.4 Å². The molecule has 0 unspecified atom stereocenters. The molecule has 5 rings (SSSR count). The number of nitrogens with zero attached hydrogens (tertiary/aromatic N) is 3. The van der Waals surface area contributed by atoms with Gasteiger partial charge in [-0.2, -0.15) is 13.2 Å². The zero-order valence-electron chi connectivity index (χ0n) is 18.8. The smallest absolute Gasteiger partial charge is 0.439 e. The Kier molecular flexibility index (Phi) is 6.87. The minimum atomic E-state index is -4.39. The van der Waals surface area contributed by atoms with Crippen molar-refractivity contribution in [2.24, 2.45) is 0 Å². The fraction of sp³-hybridized carbons (Fsp3) is 0.292. The standard InChI is InChI=1S/C24H20ClF3N4O3S/c25-18-11-16(7-8-17(18)21-30-23(33)35-31-21)34-13-20-19(12-32-9-1-2-10-32)29-22(36-20)14-3-5-15(6-4-14)24(26,27)28/h3-8,11H,1-2,9-10,12-13H2,(H,30,31,33). The van der Waals surface area contributed by atoms with E-state index in [9.17, 15) is 18.0 Å². The second-order valence-electron chi connectivity index (χ2n) is 8.32. The molecule has 1 aliphatic rings. The molecule has 0 bridgehead atoms. The normalized spacial score (nSPS) is 14.4. The van der Waals surface area contributed by atoms with Gasteiger partial charge in [-0.3, -0.25) is 14.4 Å². The van der Waals surface area contributed by atoms with Crippen LogP contribution in [0.2, 0.25) is 5.02 Å². The lowest BCUT2D eigenvalue weighted by Crippen LogP contribution is -2.19. The van der Waals surface area contributed by atoms with Gasteiger partial charge in [0.15, 0.2) is 5.82 Å². The molecule has 12 heteroatoms. The van der Waals surface area contributed by atoms with Crippen molar-refractivity contribution in [3.05, 3.63) is 74.2 Å². The molecule has 1 saturated heterocycles. The Morgan fingerprint density at radius 1 is 1.14 bits per heavy atom. The van der Waals surface area contributed by atoms with Crippen LogP contribution in [0.5, 0.6) is 5.75 Å². The number of ether oxygens (including phenoxy) is 1. The Labute approximate surface area is 212 Å². The van der Waals surface area contributed by atoms with Crippen molar-refractivity contribution in [2.45, 2.75) is 32.2 Å². The number of halogens is 4. The first-order valence-corrected chi connectivity index (χ1v) is 12.3. The zero-order valence-corrected chi connectivity index (χ0v) is 20.3. The fourth-order valence-corrected chi connectivity index (χ4v) is 5.22. The summed E-state index contributed by atoms with van der Waals surface area (Å²) in [5.41, 5.74) is 1.27. The SMILES string of the molecule is O=c1[nH]c(-c2ccc(OCc3sc(-c4ccc(C(F)(F)F)cc4)nc3CN3CCCC3)cc2Cl)no1. The summed E-state index contributed by atoms with van der Waals surface area (Å²) in [5.74, 6) is 0.0419. The van der Waals surface area contributed by atoms with E-state index in [0.717, 1.165) is 48.6 Å². The monoisotopic (exact) mass is 536 g/mol. The molecular formula is C24H20ClF3N4O3S. The second-order valence-corrected chi connectivity index (χ2v) is 9.81. The lowest BCUT2D eigenvalue weighted by atomic mass is 10.1. The summed E-state index contributed by atoms with van der Waals surface area (Å²) in [6.07, 6.45) is -2.13. The predicted molar refractivity (Wildman–Crippen MR) is 129 cm³/mol. The van der Waals surface area contributed by atoms with E-state index in [1.807, 2.05) is 0 Å². The van der Waals surface area contributed by atoms with Gasteiger partial charge in [-0.1, -0.05) is 28.9 Å². The number of aromatic nitrogens is 3. The number of hydrogen-bond acceptors (Lipinski definition) is 7. The molecule has 4 aromatic rings. The van der Waals surface area contributed by atoms with Crippen LogP contribution in [0.25, 0.3) is 22.0 Å². The summed E-state index contributed by atoms with van der Waals surface area (Å²) in [6.45, 7) is 2.83. The van der Waals surface area contributed by atoms with E-state index < -0.39 is 17.5 Å². The minimum absolute atomic E-state index is 0.216. The molecule has 3 heterocycles. The van der Waals surface area contributed by atoms with Crippen LogP contribution in [0.1, 0.15) is 29.0 Å². The molecule has 0 saturated carbocycles. The van der Waals surface area contributed by atoms with E-state index in [1.165, 1.54) is 23.5 Å². The van der Waals surface area contributed by atoms with Gasteiger partial charge in [-0.15, -0.1) is 11.3 Å². The number of H-pyrrole nitrogens is 1. The van der Waals surface area contributed by atoms with Gasteiger partial charge in [0.25, 0.3) is 0 Å². The summed E-state index contributed by atoms with van der Waals surface area (Å²) in [6, 6.07) is 10.00. The summed E-state index contributed by atoms with van der Waals surface area (Å²) in [7, 11) is 0. The third kappa shape index (κ3) is 5.48. The van der Waals surface area contributed by atoms with Crippen LogP contribution in [-0.4, -0.2) is 33.1 Å². The average Bonchev–Trinajstić information content (AvgIpc) is 3.60. The quantitative estimate of drug-likeness (QED) is 0.312. The number of alkyl halides is 3. The number of hydrogen-bond donors (Lipinski definition) is 1. The van der Waals surface area contributed by atoms with Crippen LogP contribution in [0.3, 0.4) is 0 Å². The van der Waals surface area contributed by atoms with Gasteiger partial charge in [-0.25, -0.2) is 9.78 Å². The van der Waals surface area contributed by atoms with Gasteiger partial charge >= 0.3 is 11.9 Å². The molecule has 0 amide bonds. The summed E-state index contributed by atoms with van der Waals surface area (Å²) >= 11 is 7.74. The van der Waals surface area contributed by atoms with Crippen LogP contribution in [0.15, 0.2) is 51.8 Å². The van der Waals surface area contributed by atoms with Crippen molar-refractivity contribution in [1.29, 1.82) is 0 Å². The number of nitrogens with one attached hydrogen (secondary N) is 1. The molecule has 0 radical (unpaired) electrons. The van der Waals surface area contributed by atoms with Crippen LogP contribution in [0, 0.1) is 0 Å². The first-order valence-electron chi connectivity index (χ1n) is 11.1. The highest BCUT2D eigenvalue weighted by Crippen LogP contribution is 2.35. The number of likely N-dealkylation sites (tertiary alicyclic amines) is 1. The van der Waals surface area contributed by atoms with Gasteiger partial charge in [0.05, 0.1) is 21.2 Å². The molecule has 1 N–H and O–H groups in total. The molecule has 1 fully saturated rings. The van der Waals surface area contributed by atoms with Gasteiger partial charge in [-0.05, 0) is 56.3 Å². The summed E-state index contributed by atoms with van der Waals surface area (Å²) < 4.78 is 49.4. The van der Waals surface area contributed by atoms with E-state index >= 15 is 0 Å². The topological polar surface area (TPSA) is 84.3 Å². The summed E-state index contributed by atoms with van der Waals surface area (Å²) in [4.78, 5) is 21.6. The Bertz CT molecular complexity index is 1410. The van der Waals surface area contributed by atoms with Crippen molar-refractivity contribution >= 4 is 22.9 Å². The lowest BCUT2D eigenvalue weighted by molar-refractivity contribution is -0.137. The van der Waals surface area contributed by atoms with Crippen LogP contribution >= 0.6 is 22.9 Å². The lowest BCUT2D eigenvalue weighted by Gasteiger charge is -2.14. The molecule has 0 aliphatic carbocycles. The second kappa shape index (κ2) is 10.1. The molecule has 2 aromatic carbocycles. The average molecular weight is 537 g/mol. The van der Waals surface area contributed by atoms with Crippen LogP contribution in [-0.2, 0) is 19.3 Å². The minimum Gasteiger partial charge on any atom is -0.488 e. The Morgan fingerprint density at radius 2 is 1.89 bits per heavy atom. The van der Waals surface area contributed by atoms with Gasteiger partial charge < -0.3 is 4.74 Å². The molecule has 2 aromatic heterocycles. The maximum Gasteiger partial charge on any atom is 0.439 e.